The maximum absolute atomic E-state index is 12.2. The Morgan fingerprint density at radius 2 is 1.62 bits per heavy atom. The number of hydrogen-bond donors (Lipinski definition) is 2. The van der Waals surface area contributed by atoms with Gasteiger partial charge >= 0.3 is 0 Å². The van der Waals surface area contributed by atoms with Crippen molar-refractivity contribution in [3.05, 3.63) is 60.2 Å². The van der Waals surface area contributed by atoms with Gasteiger partial charge in [0.1, 0.15) is 11.5 Å². The molecule has 0 heterocycles. The molecule has 0 saturated heterocycles. The van der Waals surface area contributed by atoms with Crippen LogP contribution in [0, 0.1) is 5.92 Å². The van der Waals surface area contributed by atoms with E-state index >= 15 is 0 Å². The number of para-hydroxylation sites is 1. The molecule has 5 nitrogen and oxygen atoms in total. The molecular weight excluding hydrogens is 304 g/mol. The van der Waals surface area contributed by atoms with Gasteiger partial charge in [0.05, 0.1) is 0 Å². The van der Waals surface area contributed by atoms with Gasteiger partial charge in [-0.1, -0.05) is 24.3 Å². The van der Waals surface area contributed by atoms with Gasteiger partial charge in [-0.2, -0.15) is 0 Å². The Balaban J connectivity index is 1.49. The Morgan fingerprint density at radius 1 is 0.917 bits per heavy atom. The standard InChI is InChI=1S/C19H20N2O3/c22-18(14-9-10-14)20-11-12-21-19(23)15-5-4-8-17(13-15)24-16-6-2-1-3-7-16/h1-8,13-14H,9-12H2,(H,20,22)(H,21,23). The first kappa shape index (κ1) is 16.1. The fourth-order valence-corrected chi connectivity index (χ4v) is 2.28. The van der Waals surface area contributed by atoms with E-state index in [9.17, 15) is 9.59 Å². The largest absolute Gasteiger partial charge is 0.457 e. The molecule has 0 atom stereocenters. The molecule has 0 aromatic heterocycles. The quantitative estimate of drug-likeness (QED) is 0.770. The van der Waals surface area contributed by atoms with Crippen LogP contribution >= 0.6 is 0 Å². The lowest BCUT2D eigenvalue weighted by molar-refractivity contribution is -0.122. The highest BCUT2D eigenvalue weighted by Crippen LogP contribution is 2.28. The SMILES string of the molecule is O=C(NCCNC(=O)C1CC1)c1cccc(Oc2ccccc2)c1. The van der Waals surface area contributed by atoms with Crippen molar-refractivity contribution in [2.45, 2.75) is 12.8 Å². The van der Waals surface area contributed by atoms with Crippen LogP contribution in [0.4, 0.5) is 0 Å². The highest BCUT2D eigenvalue weighted by Gasteiger charge is 2.28. The summed E-state index contributed by atoms with van der Waals surface area (Å²) in [5, 5.41) is 5.61. The van der Waals surface area contributed by atoms with E-state index in [0.29, 0.717) is 24.4 Å². The van der Waals surface area contributed by atoms with Crippen LogP contribution in [-0.4, -0.2) is 24.9 Å². The van der Waals surface area contributed by atoms with Crippen LogP contribution in [0.3, 0.4) is 0 Å². The average Bonchev–Trinajstić information content (AvgIpc) is 3.44. The fraction of sp³-hybridized carbons (Fsp3) is 0.263. The molecule has 1 fully saturated rings. The summed E-state index contributed by atoms with van der Waals surface area (Å²) in [5.41, 5.74) is 0.525. The van der Waals surface area contributed by atoms with Crippen molar-refractivity contribution in [3.8, 4) is 11.5 Å². The Bertz CT molecular complexity index is 712. The second-order valence-corrected chi connectivity index (χ2v) is 5.76. The van der Waals surface area contributed by atoms with Crippen LogP contribution in [0.25, 0.3) is 0 Å². The van der Waals surface area contributed by atoms with E-state index in [2.05, 4.69) is 10.6 Å². The summed E-state index contributed by atoms with van der Waals surface area (Å²) in [4.78, 5) is 23.7. The van der Waals surface area contributed by atoms with Crippen molar-refractivity contribution in [2.75, 3.05) is 13.1 Å². The topological polar surface area (TPSA) is 67.4 Å². The first-order valence-corrected chi connectivity index (χ1v) is 8.11. The zero-order valence-corrected chi connectivity index (χ0v) is 13.3. The molecule has 2 aromatic carbocycles. The zero-order chi connectivity index (χ0) is 16.8. The summed E-state index contributed by atoms with van der Waals surface area (Å²) in [6.07, 6.45) is 1.96. The fourth-order valence-electron chi connectivity index (χ4n) is 2.28. The van der Waals surface area contributed by atoms with Crippen LogP contribution in [0.15, 0.2) is 54.6 Å². The minimum absolute atomic E-state index is 0.0857. The van der Waals surface area contributed by atoms with E-state index in [4.69, 9.17) is 4.74 Å². The highest BCUT2D eigenvalue weighted by molar-refractivity contribution is 5.94. The lowest BCUT2D eigenvalue weighted by Crippen LogP contribution is -2.35. The molecule has 3 rings (SSSR count). The predicted octanol–water partition coefficient (Wildman–Crippen LogP) is 2.73. The molecule has 0 radical (unpaired) electrons. The molecule has 1 saturated carbocycles. The summed E-state index contributed by atoms with van der Waals surface area (Å²) in [6, 6.07) is 16.4. The third-order valence-electron chi connectivity index (χ3n) is 3.73. The summed E-state index contributed by atoms with van der Waals surface area (Å²) in [6.45, 7) is 0.850. The Hall–Kier alpha value is -2.82. The highest BCUT2D eigenvalue weighted by atomic mass is 16.5. The molecule has 2 aromatic rings. The Morgan fingerprint density at radius 3 is 2.38 bits per heavy atom. The van der Waals surface area contributed by atoms with Crippen LogP contribution in [0.1, 0.15) is 23.2 Å². The normalized spacial score (nSPS) is 13.2. The van der Waals surface area contributed by atoms with Gasteiger partial charge in [-0.15, -0.1) is 0 Å². The van der Waals surface area contributed by atoms with Crippen molar-refractivity contribution in [1.82, 2.24) is 10.6 Å². The van der Waals surface area contributed by atoms with Crippen LogP contribution in [0.5, 0.6) is 11.5 Å². The number of amides is 2. The van der Waals surface area contributed by atoms with E-state index < -0.39 is 0 Å². The number of hydrogen-bond acceptors (Lipinski definition) is 3. The van der Waals surface area contributed by atoms with E-state index in [1.54, 1.807) is 24.3 Å². The molecule has 0 unspecified atom stereocenters. The number of ether oxygens (including phenoxy) is 1. The number of carbonyl (C=O) groups is 2. The van der Waals surface area contributed by atoms with Gasteiger partial charge in [0.15, 0.2) is 0 Å². The van der Waals surface area contributed by atoms with Gasteiger partial charge in [0, 0.05) is 24.6 Å². The lowest BCUT2D eigenvalue weighted by Gasteiger charge is -2.09. The summed E-state index contributed by atoms with van der Waals surface area (Å²) in [5.74, 6) is 1.41. The Kier molecular flexibility index (Phi) is 5.11. The molecule has 24 heavy (non-hydrogen) atoms. The van der Waals surface area contributed by atoms with E-state index in [1.165, 1.54) is 0 Å². The summed E-state index contributed by atoms with van der Waals surface area (Å²) in [7, 11) is 0. The van der Waals surface area contributed by atoms with Crippen LogP contribution in [0.2, 0.25) is 0 Å². The molecule has 2 amide bonds. The zero-order valence-electron chi connectivity index (χ0n) is 13.3. The second kappa shape index (κ2) is 7.64. The van der Waals surface area contributed by atoms with Crippen molar-refractivity contribution in [1.29, 1.82) is 0 Å². The first-order chi connectivity index (χ1) is 11.7. The minimum atomic E-state index is -0.186. The number of carbonyl (C=O) groups excluding carboxylic acids is 2. The molecular formula is C19H20N2O3. The van der Waals surface area contributed by atoms with E-state index in [0.717, 1.165) is 18.6 Å². The number of nitrogens with one attached hydrogen (secondary N) is 2. The molecule has 2 N–H and O–H groups in total. The van der Waals surface area contributed by atoms with Gasteiger partial charge in [-0.05, 0) is 43.2 Å². The molecule has 5 heteroatoms. The van der Waals surface area contributed by atoms with Gasteiger partial charge < -0.3 is 15.4 Å². The van der Waals surface area contributed by atoms with Crippen molar-refractivity contribution in [2.24, 2.45) is 5.92 Å². The lowest BCUT2D eigenvalue weighted by atomic mass is 10.2. The van der Waals surface area contributed by atoms with Gasteiger partial charge in [0.2, 0.25) is 5.91 Å². The van der Waals surface area contributed by atoms with Gasteiger partial charge in [-0.25, -0.2) is 0 Å². The summed E-state index contributed by atoms with van der Waals surface area (Å²) >= 11 is 0. The first-order valence-electron chi connectivity index (χ1n) is 8.11. The van der Waals surface area contributed by atoms with Gasteiger partial charge in [-0.3, -0.25) is 9.59 Å². The van der Waals surface area contributed by atoms with Crippen molar-refractivity contribution < 1.29 is 14.3 Å². The van der Waals surface area contributed by atoms with Crippen molar-refractivity contribution >= 4 is 11.8 Å². The van der Waals surface area contributed by atoms with E-state index in [1.807, 2.05) is 30.3 Å². The molecule has 1 aliphatic carbocycles. The molecule has 0 bridgehead atoms. The van der Waals surface area contributed by atoms with Crippen LogP contribution < -0.4 is 15.4 Å². The predicted molar refractivity (Wildman–Crippen MR) is 91.0 cm³/mol. The monoisotopic (exact) mass is 324 g/mol. The number of rotatable bonds is 7. The maximum Gasteiger partial charge on any atom is 0.251 e. The minimum Gasteiger partial charge on any atom is -0.457 e. The maximum atomic E-state index is 12.2. The van der Waals surface area contributed by atoms with Crippen LogP contribution in [-0.2, 0) is 4.79 Å². The van der Waals surface area contributed by atoms with Crippen molar-refractivity contribution in [3.63, 3.8) is 0 Å². The third kappa shape index (κ3) is 4.59. The Labute approximate surface area is 141 Å². The molecule has 0 spiro atoms. The third-order valence-corrected chi connectivity index (χ3v) is 3.73. The average molecular weight is 324 g/mol. The number of benzene rings is 2. The van der Waals surface area contributed by atoms with Gasteiger partial charge in [0.25, 0.3) is 5.91 Å². The molecule has 0 aliphatic heterocycles. The second-order valence-electron chi connectivity index (χ2n) is 5.76. The summed E-state index contributed by atoms with van der Waals surface area (Å²) < 4.78 is 5.72. The smallest absolute Gasteiger partial charge is 0.251 e. The molecule has 1 aliphatic rings. The van der Waals surface area contributed by atoms with E-state index in [-0.39, 0.29) is 17.7 Å². The molecule has 124 valence electrons.